The number of thioether (sulfide) groups is 1. The zero-order valence-corrected chi connectivity index (χ0v) is 11.8. The Hall–Kier alpha value is -1.16. The summed E-state index contributed by atoms with van der Waals surface area (Å²) in [6.45, 7) is 1.55. The second-order valence-electron chi connectivity index (χ2n) is 5.25. The van der Waals surface area contributed by atoms with Crippen molar-refractivity contribution in [2.24, 2.45) is 0 Å². The van der Waals surface area contributed by atoms with Crippen LogP contribution < -0.4 is 10.6 Å². The van der Waals surface area contributed by atoms with E-state index in [0.717, 1.165) is 24.3 Å². The Morgan fingerprint density at radius 1 is 1.37 bits per heavy atom. The lowest BCUT2D eigenvalue weighted by Crippen LogP contribution is -2.35. The fraction of sp³-hybridized carbons (Fsp3) is 0.533. The number of anilines is 1. The van der Waals surface area contributed by atoms with Gasteiger partial charge in [0.05, 0.1) is 5.92 Å². The summed E-state index contributed by atoms with van der Waals surface area (Å²) < 4.78 is 0. The molecule has 1 fully saturated rings. The highest BCUT2D eigenvalue weighted by molar-refractivity contribution is 7.99. The third-order valence-corrected chi connectivity index (χ3v) is 5.33. The Morgan fingerprint density at radius 2 is 2.26 bits per heavy atom. The summed E-state index contributed by atoms with van der Waals surface area (Å²) in [6.07, 6.45) is 3.88. The molecule has 2 aliphatic rings. The SMILES string of the molecule is O=C(NCC1CCCCS1)C1CNc2ccccc21. The molecule has 2 N–H and O–H groups in total. The highest BCUT2D eigenvalue weighted by Crippen LogP contribution is 2.31. The minimum atomic E-state index is -0.0233. The first-order valence-corrected chi connectivity index (χ1v) is 8.11. The third kappa shape index (κ3) is 2.89. The largest absolute Gasteiger partial charge is 0.384 e. The van der Waals surface area contributed by atoms with Gasteiger partial charge in [-0.2, -0.15) is 11.8 Å². The quantitative estimate of drug-likeness (QED) is 0.891. The van der Waals surface area contributed by atoms with Crippen LogP contribution in [0.25, 0.3) is 0 Å². The maximum atomic E-state index is 12.3. The molecule has 1 saturated heterocycles. The fourth-order valence-electron chi connectivity index (χ4n) is 2.82. The van der Waals surface area contributed by atoms with Gasteiger partial charge in [0.1, 0.15) is 0 Å². The molecule has 0 bridgehead atoms. The van der Waals surface area contributed by atoms with E-state index in [1.54, 1.807) is 0 Å². The maximum absolute atomic E-state index is 12.3. The predicted octanol–water partition coefficient (Wildman–Crippen LogP) is 2.60. The van der Waals surface area contributed by atoms with Crippen molar-refractivity contribution in [3.8, 4) is 0 Å². The summed E-state index contributed by atoms with van der Waals surface area (Å²) in [5.74, 6) is 1.39. The van der Waals surface area contributed by atoms with E-state index in [2.05, 4.69) is 16.7 Å². The molecule has 3 rings (SSSR count). The van der Waals surface area contributed by atoms with Crippen molar-refractivity contribution in [1.29, 1.82) is 0 Å². The van der Waals surface area contributed by atoms with Crippen LogP contribution >= 0.6 is 11.8 Å². The zero-order chi connectivity index (χ0) is 13.1. The van der Waals surface area contributed by atoms with Crippen LogP contribution in [0.15, 0.2) is 24.3 Å². The Bertz CT molecular complexity index is 457. The van der Waals surface area contributed by atoms with E-state index in [-0.39, 0.29) is 11.8 Å². The second kappa shape index (κ2) is 5.87. The van der Waals surface area contributed by atoms with Gasteiger partial charge < -0.3 is 10.6 Å². The summed E-state index contributed by atoms with van der Waals surface area (Å²) in [6, 6.07) is 8.10. The van der Waals surface area contributed by atoms with Crippen LogP contribution in [0.5, 0.6) is 0 Å². The molecule has 1 aromatic rings. The van der Waals surface area contributed by atoms with Gasteiger partial charge in [0, 0.05) is 24.0 Å². The van der Waals surface area contributed by atoms with E-state index in [9.17, 15) is 4.79 Å². The van der Waals surface area contributed by atoms with Crippen molar-refractivity contribution in [1.82, 2.24) is 5.32 Å². The number of rotatable bonds is 3. The van der Waals surface area contributed by atoms with Crippen LogP contribution in [0.3, 0.4) is 0 Å². The van der Waals surface area contributed by atoms with E-state index in [4.69, 9.17) is 0 Å². The summed E-state index contributed by atoms with van der Waals surface area (Å²) in [5.41, 5.74) is 2.24. The van der Waals surface area contributed by atoms with Gasteiger partial charge in [0.25, 0.3) is 0 Å². The standard InChI is InChI=1S/C15H20N2OS/c18-15(17-9-11-5-3-4-8-19-11)13-10-16-14-7-2-1-6-12(13)14/h1-2,6-7,11,13,16H,3-5,8-10H2,(H,17,18). The predicted molar refractivity (Wildman–Crippen MR) is 80.8 cm³/mol. The number of carbonyl (C=O) groups is 1. The Morgan fingerprint density at radius 3 is 3.11 bits per heavy atom. The molecule has 4 heteroatoms. The average molecular weight is 276 g/mol. The lowest BCUT2D eigenvalue weighted by Gasteiger charge is -2.22. The Labute approximate surface area is 118 Å². The summed E-state index contributed by atoms with van der Waals surface area (Å²) >= 11 is 2.00. The number of benzene rings is 1. The van der Waals surface area contributed by atoms with Crippen molar-refractivity contribution >= 4 is 23.4 Å². The first-order valence-electron chi connectivity index (χ1n) is 7.07. The van der Waals surface area contributed by atoms with Gasteiger partial charge in [-0.1, -0.05) is 24.6 Å². The van der Waals surface area contributed by atoms with Gasteiger partial charge in [-0.05, 0) is 30.2 Å². The minimum absolute atomic E-state index is 0.0233. The van der Waals surface area contributed by atoms with Crippen LogP contribution in [-0.4, -0.2) is 30.0 Å². The smallest absolute Gasteiger partial charge is 0.229 e. The van der Waals surface area contributed by atoms with E-state index in [0.29, 0.717) is 5.25 Å². The molecule has 19 heavy (non-hydrogen) atoms. The number of hydrogen-bond donors (Lipinski definition) is 2. The highest BCUT2D eigenvalue weighted by Gasteiger charge is 2.28. The van der Waals surface area contributed by atoms with Crippen LogP contribution in [0.2, 0.25) is 0 Å². The van der Waals surface area contributed by atoms with Gasteiger partial charge in [-0.3, -0.25) is 4.79 Å². The number of hydrogen-bond acceptors (Lipinski definition) is 3. The van der Waals surface area contributed by atoms with Crippen LogP contribution in [0, 0.1) is 0 Å². The van der Waals surface area contributed by atoms with Crippen LogP contribution in [0.1, 0.15) is 30.7 Å². The third-order valence-electron chi connectivity index (χ3n) is 3.93. The molecule has 102 valence electrons. The molecule has 2 atom stereocenters. The molecule has 3 nitrogen and oxygen atoms in total. The molecule has 2 aliphatic heterocycles. The van der Waals surface area contributed by atoms with E-state index in [1.807, 2.05) is 30.0 Å². The van der Waals surface area contributed by atoms with Crippen molar-refractivity contribution in [2.45, 2.75) is 30.4 Å². The van der Waals surface area contributed by atoms with Gasteiger partial charge in [-0.25, -0.2) is 0 Å². The minimum Gasteiger partial charge on any atom is -0.384 e. The van der Waals surface area contributed by atoms with Gasteiger partial charge in [-0.15, -0.1) is 0 Å². The molecule has 1 aromatic carbocycles. The summed E-state index contributed by atoms with van der Waals surface area (Å²) in [7, 11) is 0. The van der Waals surface area contributed by atoms with Crippen LogP contribution in [0.4, 0.5) is 5.69 Å². The molecule has 0 aromatic heterocycles. The van der Waals surface area contributed by atoms with Crippen molar-refractivity contribution in [3.63, 3.8) is 0 Å². The molecule has 0 aliphatic carbocycles. The van der Waals surface area contributed by atoms with Crippen molar-refractivity contribution in [2.75, 3.05) is 24.2 Å². The van der Waals surface area contributed by atoms with E-state index >= 15 is 0 Å². The number of nitrogens with one attached hydrogen (secondary N) is 2. The number of para-hydroxylation sites is 1. The van der Waals surface area contributed by atoms with Gasteiger partial charge >= 0.3 is 0 Å². The second-order valence-corrected chi connectivity index (χ2v) is 6.66. The lowest BCUT2D eigenvalue weighted by atomic mass is 10.0. The number of carbonyl (C=O) groups excluding carboxylic acids is 1. The molecular weight excluding hydrogens is 256 g/mol. The molecule has 0 radical (unpaired) electrons. The average Bonchev–Trinajstić information content (AvgIpc) is 2.90. The van der Waals surface area contributed by atoms with Gasteiger partial charge in [0.2, 0.25) is 5.91 Å². The van der Waals surface area contributed by atoms with Crippen LogP contribution in [-0.2, 0) is 4.79 Å². The normalized spacial score (nSPS) is 25.5. The van der Waals surface area contributed by atoms with Crippen molar-refractivity contribution in [3.05, 3.63) is 29.8 Å². The topological polar surface area (TPSA) is 41.1 Å². The molecule has 2 unspecified atom stereocenters. The number of fused-ring (bicyclic) bond motifs is 1. The summed E-state index contributed by atoms with van der Waals surface area (Å²) in [5, 5.41) is 7.05. The molecular formula is C15H20N2OS. The summed E-state index contributed by atoms with van der Waals surface area (Å²) in [4.78, 5) is 12.3. The molecule has 0 saturated carbocycles. The highest BCUT2D eigenvalue weighted by atomic mass is 32.2. The van der Waals surface area contributed by atoms with Crippen molar-refractivity contribution < 1.29 is 4.79 Å². The Balaban J connectivity index is 1.56. The maximum Gasteiger partial charge on any atom is 0.229 e. The Kier molecular flexibility index (Phi) is 3.97. The van der Waals surface area contributed by atoms with E-state index in [1.165, 1.54) is 25.0 Å². The van der Waals surface area contributed by atoms with E-state index < -0.39 is 0 Å². The number of amides is 1. The fourth-order valence-corrected chi connectivity index (χ4v) is 4.06. The first kappa shape index (κ1) is 12.9. The lowest BCUT2D eigenvalue weighted by molar-refractivity contribution is -0.122. The molecule has 0 spiro atoms. The monoisotopic (exact) mass is 276 g/mol. The zero-order valence-electron chi connectivity index (χ0n) is 11.0. The molecule has 1 amide bonds. The molecule has 2 heterocycles. The van der Waals surface area contributed by atoms with Gasteiger partial charge in [0.15, 0.2) is 0 Å². The first-order chi connectivity index (χ1) is 9.34.